The molecule has 1 aromatic heterocycles. The average Bonchev–Trinajstić information content (AvgIpc) is 2.95. The van der Waals surface area contributed by atoms with E-state index in [1.807, 2.05) is 18.2 Å². The first-order valence-electron chi connectivity index (χ1n) is 7.64. The smallest absolute Gasteiger partial charge is 0.272 e. The summed E-state index contributed by atoms with van der Waals surface area (Å²) in [5.41, 5.74) is 1.47. The van der Waals surface area contributed by atoms with Crippen LogP contribution >= 0.6 is 0 Å². The number of aromatic nitrogens is 2. The van der Waals surface area contributed by atoms with Gasteiger partial charge in [-0.25, -0.2) is 4.98 Å². The van der Waals surface area contributed by atoms with Crippen molar-refractivity contribution >= 4 is 17.5 Å². The second-order valence-electron chi connectivity index (χ2n) is 5.47. The minimum Gasteiger partial charge on any atom is -0.495 e. The molecule has 0 radical (unpaired) electrons. The van der Waals surface area contributed by atoms with Crippen LogP contribution in [0.2, 0.25) is 0 Å². The number of nitrogens with zero attached hydrogens (tertiary/aromatic N) is 3. The van der Waals surface area contributed by atoms with Crippen LogP contribution in [0.3, 0.4) is 0 Å². The molecule has 1 saturated heterocycles. The van der Waals surface area contributed by atoms with Crippen LogP contribution in [0.1, 0.15) is 22.6 Å². The second-order valence-corrected chi connectivity index (χ2v) is 5.47. The number of carbonyl (C=O) groups is 2. The molecule has 2 amide bonds. The molecule has 24 heavy (non-hydrogen) atoms. The Morgan fingerprint density at radius 1 is 1.29 bits per heavy atom. The van der Waals surface area contributed by atoms with Gasteiger partial charge in [0, 0.05) is 18.9 Å². The molecular formula is C17H18N4O3. The first-order chi connectivity index (χ1) is 11.6. The summed E-state index contributed by atoms with van der Waals surface area (Å²) in [6.45, 7) is 2.23. The van der Waals surface area contributed by atoms with Gasteiger partial charge in [-0.1, -0.05) is 12.1 Å². The molecule has 0 bridgehead atoms. The molecule has 1 fully saturated rings. The van der Waals surface area contributed by atoms with Crippen molar-refractivity contribution in [3.63, 3.8) is 0 Å². The molecule has 1 atom stereocenters. The first-order valence-corrected chi connectivity index (χ1v) is 7.64. The molecule has 1 aliphatic rings. The number of hydrogen-bond donors (Lipinski definition) is 1. The molecule has 7 nitrogen and oxygen atoms in total. The van der Waals surface area contributed by atoms with Gasteiger partial charge in [0.1, 0.15) is 17.5 Å². The molecule has 1 aliphatic heterocycles. The van der Waals surface area contributed by atoms with E-state index >= 15 is 0 Å². The molecule has 124 valence electrons. The fraction of sp³-hybridized carbons (Fsp3) is 0.294. The Kier molecular flexibility index (Phi) is 4.41. The van der Waals surface area contributed by atoms with Crippen molar-refractivity contribution in [3.8, 4) is 5.75 Å². The number of carbonyl (C=O) groups excluding carboxylic acids is 2. The number of nitrogens with one attached hydrogen (secondary N) is 1. The maximum absolute atomic E-state index is 12.6. The molecule has 1 unspecified atom stereocenters. The number of hydrogen-bond acceptors (Lipinski definition) is 5. The van der Waals surface area contributed by atoms with Crippen molar-refractivity contribution in [3.05, 3.63) is 48.0 Å². The van der Waals surface area contributed by atoms with Crippen LogP contribution in [-0.4, -0.2) is 41.5 Å². The van der Waals surface area contributed by atoms with Crippen LogP contribution in [0, 0.1) is 6.92 Å². The highest BCUT2D eigenvalue weighted by Gasteiger charge is 2.35. The topological polar surface area (TPSA) is 84.4 Å². The number of para-hydroxylation sites is 2. The van der Waals surface area contributed by atoms with E-state index < -0.39 is 6.04 Å². The van der Waals surface area contributed by atoms with Crippen molar-refractivity contribution < 1.29 is 14.3 Å². The number of anilines is 1. The van der Waals surface area contributed by atoms with Crippen molar-refractivity contribution in [1.82, 2.24) is 15.3 Å². The fourth-order valence-corrected chi connectivity index (χ4v) is 2.76. The maximum Gasteiger partial charge on any atom is 0.272 e. The van der Waals surface area contributed by atoms with E-state index in [0.717, 1.165) is 0 Å². The molecule has 0 aliphatic carbocycles. The summed E-state index contributed by atoms with van der Waals surface area (Å²) < 4.78 is 5.31. The highest BCUT2D eigenvalue weighted by molar-refractivity contribution is 6.04. The van der Waals surface area contributed by atoms with Gasteiger partial charge in [0.25, 0.3) is 5.91 Å². The van der Waals surface area contributed by atoms with Gasteiger partial charge in [0.2, 0.25) is 5.91 Å². The van der Waals surface area contributed by atoms with E-state index in [9.17, 15) is 9.59 Å². The molecule has 3 rings (SSSR count). The monoisotopic (exact) mass is 326 g/mol. The highest BCUT2D eigenvalue weighted by Crippen LogP contribution is 2.31. The zero-order chi connectivity index (χ0) is 17.1. The van der Waals surface area contributed by atoms with Gasteiger partial charge in [-0.3, -0.25) is 14.6 Å². The van der Waals surface area contributed by atoms with E-state index in [0.29, 0.717) is 30.1 Å². The molecular weight excluding hydrogens is 308 g/mol. The predicted molar refractivity (Wildman–Crippen MR) is 88.0 cm³/mol. The number of methoxy groups -OCH3 is 1. The van der Waals surface area contributed by atoms with Gasteiger partial charge in [-0.15, -0.1) is 0 Å². The number of amides is 2. The molecule has 7 heteroatoms. The fourth-order valence-electron chi connectivity index (χ4n) is 2.76. The molecule has 2 heterocycles. The Bertz CT molecular complexity index is 778. The lowest BCUT2D eigenvalue weighted by Crippen LogP contribution is -2.42. The SMILES string of the molecule is COc1ccccc1N1CCC(NC(=O)c2nccnc2C)C1=O. The first kappa shape index (κ1) is 15.9. The van der Waals surface area contributed by atoms with Crippen molar-refractivity contribution in [2.75, 3.05) is 18.6 Å². The quantitative estimate of drug-likeness (QED) is 0.916. The molecule has 2 aromatic rings. The zero-order valence-electron chi connectivity index (χ0n) is 13.5. The predicted octanol–water partition coefficient (Wildman–Crippen LogP) is 1.33. The van der Waals surface area contributed by atoms with Gasteiger partial charge in [0.15, 0.2) is 0 Å². The standard InChI is InChI=1S/C17H18N4O3/c1-11-15(19-9-8-18-11)16(22)20-12-7-10-21(17(12)23)13-5-3-4-6-14(13)24-2/h3-6,8-9,12H,7,10H2,1-2H3,(H,20,22). The Balaban J connectivity index is 1.75. The van der Waals surface area contributed by atoms with Gasteiger partial charge >= 0.3 is 0 Å². The lowest BCUT2D eigenvalue weighted by atomic mass is 10.2. The third-order valence-electron chi connectivity index (χ3n) is 3.98. The van der Waals surface area contributed by atoms with E-state index in [2.05, 4.69) is 15.3 Å². The van der Waals surface area contributed by atoms with E-state index in [1.165, 1.54) is 12.4 Å². The molecule has 0 spiro atoms. The van der Waals surface area contributed by atoms with Crippen LogP contribution in [0.15, 0.2) is 36.7 Å². The normalized spacial score (nSPS) is 17.0. The Labute approximate surface area is 139 Å². The Morgan fingerprint density at radius 2 is 2.04 bits per heavy atom. The van der Waals surface area contributed by atoms with Crippen LogP contribution in [0.4, 0.5) is 5.69 Å². The Hall–Kier alpha value is -2.96. The van der Waals surface area contributed by atoms with Crippen molar-refractivity contribution in [1.29, 1.82) is 0 Å². The minimum absolute atomic E-state index is 0.158. The summed E-state index contributed by atoms with van der Waals surface area (Å²) in [5, 5.41) is 2.75. The summed E-state index contributed by atoms with van der Waals surface area (Å²) in [6, 6.07) is 6.74. The number of benzene rings is 1. The Morgan fingerprint density at radius 3 is 2.79 bits per heavy atom. The zero-order valence-corrected chi connectivity index (χ0v) is 13.5. The largest absolute Gasteiger partial charge is 0.495 e. The van der Waals surface area contributed by atoms with Crippen LogP contribution in [-0.2, 0) is 4.79 Å². The third kappa shape index (κ3) is 2.92. The number of aryl methyl sites for hydroxylation is 1. The van der Waals surface area contributed by atoms with Gasteiger partial charge in [0.05, 0.1) is 18.5 Å². The van der Waals surface area contributed by atoms with Crippen LogP contribution in [0.5, 0.6) is 5.75 Å². The van der Waals surface area contributed by atoms with Crippen molar-refractivity contribution in [2.45, 2.75) is 19.4 Å². The highest BCUT2D eigenvalue weighted by atomic mass is 16.5. The lowest BCUT2D eigenvalue weighted by Gasteiger charge is -2.19. The summed E-state index contributed by atoms with van der Waals surface area (Å²) in [4.78, 5) is 34.7. The second kappa shape index (κ2) is 6.66. The average molecular weight is 326 g/mol. The maximum atomic E-state index is 12.6. The molecule has 0 saturated carbocycles. The van der Waals surface area contributed by atoms with Gasteiger partial charge in [-0.2, -0.15) is 0 Å². The summed E-state index contributed by atoms with van der Waals surface area (Å²) in [6.07, 6.45) is 3.51. The van der Waals surface area contributed by atoms with Gasteiger partial charge in [-0.05, 0) is 25.5 Å². The summed E-state index contributed by atoms with van der Waals surface area (Å²) in [5.74, 6) is 0.0813. The molecule has 1 N–H and O–H groups in total. The summed E-state index contributed by atoms with van der Waals surface area (Å²) >= 11 is 0. The summed E-state index contributed by atoms with van der Waals surface area (Å²) in [7, 11) is 1.56. The van der Waals surface area contributed by atoms with E-state index in [1.54, 1.807) is 25.0 Å². The van der Waals surface area contributed by atoms with Crippen LogP contribution in [0.25, 0.3) is 0 Å². The van der Waals surface area contributed by atoms with Crippen LogP contribution < -0.4 is 15.0 Å². The minimum atomic E-state index is -0.580. The lowest BCUT2D eigenvalue weighted by molar-refractivity contribution is -0.118. The van der Waals surface area contributed by atoms with E-state index in [4.69, 9.17) is 4.74 Å². The van der Waals surface area contributed by atoms with Crippen molar-refractivity contribution in [2.24, 2.45) is 0 Å². The number of ether oxygens (including phenoxy) is 1. The third-order valence-corrected chi connectivity index (χ3v) is 3.98. The number of rotatable bonds is 4. The van der Waals surface area contributed by atoms with Gasteiger partial charge < -0.3 is 15.0 Å². The molecule has 1 aromatic carbocycles. The van der Waals surface area contributed by atoms with E-state index in [-0.39, 0.29) is 17.5 Å².